The van der Waals surface area contributed by atoms with E-state index in [0.29, 0.717) is 22.2 Å². The molecule has 0 aliphatic heterocycles. The number of hydrogen-bond acceptors (Lipinski definition) is 6. The van der Waals surface area contributed by atoms with Crippen LogP contribution in [0.25, 0.3) is 33.5 Å². The van der Waals surface area contributed by atoms with Crippen molar-refractivity contribution in [3.63, 3.8) is 0 Å². The van der Waals surface area contributed by atoms with Crippen LogP contribution in [0.15, 0.2) is 90.1 Å². The molecule has 1 N–H and O–H groups in total. The summed E-state index contributed by atoms with van der Waals surface area (Å²) in [5.74, 6) is -1.86. The number of aromatic carboxylic acids is 1. The van der Waals surface area contributed by atoms with Gasteiger partial charge in [0, 0.05) is 28.9 Å². The first-order valence-electron chi connectivity index (χ1n) is 9.99. The minimum atomic E-state index is -4.07. The van der Waals surface area contributed by atoms with Crippen LogP contribution in [0.5, 0.6) is 0 Å². The smallest absolute Gasteiger partial charge is 0.354 e. The molecule has 5 rings (SSSR count). The van der Waals surface area contributed by atoms with Crippen LogP contribution in [-0.4, -0.2) is 38.4 Å². The Kier molecular flexibility index (Phi) is 5.14. The highest BCUT2D eigenvalue weighted by molar-refractivity contribution is 7.90. The van der Waals surface area contributed by atoms with E-state index in [1.54, 1.807) is 42.5 Å². The van der Waals surface area contributed by atoms with Crippen molar-refractivity contribution in [2.75, 3.05) is 0 Å². The van der Waals surface area contributed by atoms with E-state index in [-0.39, 0.29) is 21.9 Å². The van der Waals surface area contributed by atoms with Gasteiger partial charge in [-0.25, -0.2) is 32.1 Å². The summed E-state index contributed by atoms with van der Waals surface area (Å²) in [5, 5.41) is 9.70. The molecule has 168 valence electrons. The highest BCUT2D eigenvalue weighted by Gasteiger charge is 2.25. The standard InChI is InChI=1S/C24H15FN4O4S/c25-22-10-9-15(13-26-22)21-12-16-11-17(19-7-4-8-20(28-19)24(30)31)14-27-23(16)29(21)34(32,33)18-5-2-1-3-6-18/h1-14H,(H,30,31). The van der Waals surface area contributed by atoms with Gasteiger partial charge >= 0.3 is 5.97 Å². The van der Waals surface area contributed by atoms with Crippen LogP contribution < -0.4 is 0 Å². The number of pyridine rings is 3. The minimum absolute atomic E-state index is 0.0607. The van der Waals surface area contributed by atoms with E-state index in [4.69, 9.17) is 0 Å². The predicted molar refractivity (Wildman–Crippen MR) is 122 cm³/mol. The number of carbonyl (C=O) groups is 1. The lowest BCUT2D eigenvalue weighted by molar-refractivity contribution is 0.0690. The van der Waals surface area contributed by atoms with Gasteiger partial charge in [0.05, 0.1) is 16.3 Å². The Labute approximate surface area is 193 Å². The molecule has 4 aromatic heterocycles. The van der Waals surface area contributed by atoms with Crippen LogP contribution in [0, 0.1) is 5.95 Å². The molecule has 0 spiro atoms. The highest BCUT2D eigenvalue weighted by Crippen LogP contribution is 2.33. The third-order valence-electron chi connectivity index (χ3n) is 5.17. The van der Waals surface area contributed by atoms with Gasteiger partial charge in [-0.05, 0) is 48.5 Å². The molecule has 4 heterocycles. The van der Waals surface area contributed by atoms with E-state index < -0.39 is 21.9 Å². The molecule has 0 atom stereocenters. The number of rotatable bonds is 5. The van der Waals surface area contributed by atoms with Gasteiger partial charge in [-0.3, -0.25) is 0 Å². The number of halogens is 1. The summed E-state index contributed by atoms with van der Waals surface area (Å²) in [6, 6.07) is 18.3. The topological polar surface area (TPSA) is 115 Å². The van der Waals surface area contributed by atoms with E-state index in [1.165, 1.54) is 36.7 Å². The van der Waals surface area contributed by atoms with E-state index in [2.05, 4.69) is 15.0 Å². The summed E-state index contributed by atoms with van der Waals surface area (Å²) in [7, 11) is -4.07. The molecule has 1 aromatic carbocycles. The van der Waals surface area contributed by atoms with Gasteiger partial charge in [-0.2, -0.15) is 4.39 Å². The SMILES string of the molecule is O=C(O)c1cccc(-c2cnc3c(c2)cc(-c2ccc(F)nc2)n3S(=O)(=O)c2ccccc2)n1. The summed E-state index contributed by atoms with van der Waals surface area (Å²) < 4.78 is 41.7. The third kappa shape index (κ3) is 3.69. The van der Waals surface area contributed by atoms with Crippen LogP contribution in [-0.2, 0) is 10.0 Å². The van der Waals surface area contributed by atoms with Crippen molar-refractivity contribution in [3.05, 3.63) is 96.8 Å². The second kappa shape index (κ2) is 8.16. The first-order valence-corrected chi connectivity index (χ1v) is 11.4. The molecule has 0 unspecified atom stereocenters. The van der Waals surface area contributed by atoms with Crippen molar-refractivity contribution in [1.82, 2.24) is 18.9 Å². The van der Waals surface area contributed by atoms with E-state index in [1.807, 2.05) is 0 Å². The molecule has 0 aliphatic rings. The summed E-state index contributed by atoms with van der Waals surface area (Å²) in [6.45, 7) is 0. The Bertz CT molecular complexity index is 1650. The summed E-state index contributed by atoms with van der Waals surface area (Å²) in [6.07, 6.45) is 2.68. The normalized spacial score (nSPS) is 11.6. The number of carboxylic acid groups (broad SMARTS) is 1. The second-order valence-electron chi connectivity index (χ2n) is 7.33. The number of benzene rings is 1. The summed E-state index contributed by atoms with van der Waals surface area (Å²) >= 11 is 0. The van der Waals surface area contributed by atoms with E-state index >= 15 is 0 Å². The lowest BCUT2D eigenvalue weighted by atomic mass is 10.1. The second-order valence-corrected chi connectivity index (χ2v) is 9.12. The number of hydrogen-bond donors (Lipinski definition) is 1. The van der Waals surface area contributed by atoms with E-state index in [0.717, 1.165) is 10.0 Å². The van der Waals surface area contributed by atoms with Crippen LogP contribution in [0.1, 0.15) is 10.5 Å². The number of carboxylic acids is 1. The first-order chi connectivity index (χ1) is 16.3. The Morgan fingerprint density at radius 2 is 1.65 bits per heavy atom. The number of fused-ring (bicyclic) bond motifs is 1. The Morgan fingerprint density at radius 1 is 0.882 bits per heavy atom. The quantitative estimate of drug-likeness (QED) is 0.379. The fourth-order valence-corrected chi connectivity index (χ4v) is 5.10. The molecule has 0 saturated heterocycles. The molecule has 8 nitrogen and oxygen atoms in total. The van der Waals surface area contributed by atoms with Gasteiger partial charge in [0.25, 0.3) is 10.0 Å². The maximum atomic E-state index is 13.6. The zero-order valence-electron chi connectivity index (χ0n) is 17.3. The summed E-state index contributed by atoms with van der Waals surface area (Å²) in [4.78, 5) is 23.5. The van der Waals surface area contributed by atoms with Gasteiger partial charge in [0.1, 0.15) is 5.69 Å². The van der Waals surface area contributed by atoms with Crippen molar-refractivity contribution in [2.24, 2.45) is 0 Å². The maximum Gasteiger partial charge on any atom is 0.354 e. The van der Waals surface area contributed by atoms with Crippen molar-refractivity contribution in [1.29, 1.82) is 0 Å². The molecule has 10 heteroatoms. The van der Waals surface area contributed by atoms with Crippen molar-refractivity contribution >= 4 is 27.0 Å². The summed E-state index contributed by atoms with van der Waals surface area (Å²) in [5.41, 5.74) is 1.54. The maximum absolute atomic E-state index is 13.6. The van der Waals surface area contributed by atoms with Gasteiger partial charge in [0.2, 0.25) is 5.95 Å². The Morgan fingerprint density at radius 3 is 2.35 bits per heavy atom. The van der Waals surface area contributed by atoms with Crippen molar-refractivity contribution < 1.29 is 22.7 Å². The third-order valence-corrected chi connectivity index (χ3v) is 6.89. The van der Waals surface area contributed by atoms with Crippen molar-refractivity contribution in [3.8, 4) is 22.5 Å². The zero-order chi connectivity index (χ0) is 23.9. The van der Waals surface area contributed by atoms with Gasteiger partial charge in [0.15, 0.2) is 5.65 Å². The molecule has 0 fully saturated rings. The average Bonchev–Trinajstić information content (AvgIpc) is 3.24. The largest absolute Gasteiger partial charge is 0.477 e. The van der Waals surface area contributed by atoms with Crippen LogP contribution >= 0.6 is 0 Å². The Balaban J connectivity index is 1.76. The lowest BCUT2D eigenvalue weighted by Gasteiger charge is -2.11. The molecular weight excluding hydrogens is 459 g/mol. The number of aromatic nitrogens is 4. The predicted octanol–water partition coefficient (Wildman–Crippen LogP) is 4.23. The molecule has 5 aromatic rings. The fraction of sp³-hybridized carbons (Fsp3) is 0. The molecule has 0 bridgehead atoms. The lowest BCUT2D eigenvalue weighted by Crippen LogP contribution is -2.14. The average molecular weight is 474 g/mol. The zero-order valence-corrected chi connectivity index (χ0v) is 18.1. The molecule has 34 heavy (non-hydrogen) atoms. The minimum Gasteiger partial charge on any atom is -0.477 e. The Hall–Kier alpha value is -4.44. The highest BCUT2D eigenvalue weighted by atomic mass is 32.2. The molecular formula is C24H15FN4O4S. The molecule has 0 amide bonds. The van der Waals surface area contributed by atoms with Gasteiger partial charge in [-0.1, -0.05) is 24.3 Å². The first kappa shape index (κ1) is 21.4. The molecule has 0 saturated carbocycles. The van der Waals surface area contributed by atoms with Crippen molar-refractivity contribution in [2.45, 2.75) is 4.90 Å². The van der Waals surface area contributed by atoms with Gasteiger partial charge < -0.3 is 5.11 Å². The van der Waals surface area contributed by atoms with Crippen LogP contribution in [0.2, 0.25) is 0 Å². The molecule has 0 radical (unpaired) electrons. The van der Waals surface area contributed by atoms with Crippen LogP contribution in [0.3, 0.4) is 0 Å². The monoisotopic (exact) mass is 474 g/mol. The number of nitrogens with zero attached hydrogens (tertiary/aromatic N) is 4. The fourth-order valence-electron chi connectivity index (χ4n) is 3.59. The van der Waals surface area contributed by atoms with Gasteiger partial charge in [-0.15, -0.1) is 0 Å². The van der Waals surface area contributed by atoms with E-state index in [9.17, 15) is 22.7 Å². The molecule has 0 aliphatic carbocycles. The van der Waals surface area contributed by atoms with Crippen LogP contribution in [0.4, 0.5) is 4.39 Å².